The maximum Gasteiger partial charge on any atom is 0.0991 e. The van der Waals surface area contributed by atoms with Crippen LogP contribution in [0.3, 0.4) is 0 Å². The Labute approximate surface area is 111 Å². The van der Waals surface area contributed by atoms with Crippen LogP contribution in [0.25, 0.3) is 0 Å². The summed E-state index contributed by atoms with van der Waals surface area (Å²) < 4.78 is 0. The minimum Gasteiger partial charge on any atom is -0.192 e. The lowest BCUT2D eigenvalue weighted by atomic mass is 9.58. The monoisotopic (exact) mass is 241 g/mol. The van der Waals surface area contributed by atoms with Gasteiger partial charge in [-0.25, -0.2) is 0 Å². The van der Waals surface area contributed by atoms with Crippen molar-refractivity contribution in [2.45, 2.75) is 52.4 Å². The van der Waals surface area contributed by atoms with Gasteiger partial charge in [-0.1, -0.05) is 33.8 Å². The number of aryl methyl sites for hydroxylation is 1. The lowest BCUT2D eigenvalue weighted by molar-refractivity contribution is 0.186. The van der Waals surface area contributed by atoms with Crippen molar-refractivity contribution in [3.05, 3.63) is 34.9 Å². The number of hydrogen-bond donors (Lipinski definition) is 0. The Bertz CT molecular complexity index is 469. The number of nitriles is 1. The molecule has 18 heavy (non-hydrogen) atoms. The highest BCUT2D eigenvalue weighted by Gasteiger charge is 2.41. The molecule has 0 spiro atoms. The average molecular weight is 241 g/mol. The minimum atomic E-state index is 0.250. The van der Waals surface area contributed by atoms with E-state index in [0.717, 1.165) is 5.56 Å². The minimum absolute atomic E-state index is 0.250. The Hall–Kier alpha value is -1.29. The fraction of sp³-hybridized carbons (Fsp3) is 0.588. The van der Waals surface area contributed by atoms with Crippen LogP contribution in [0.15, 0.2) is 18.2 Å². The van der Waals surface area contributed by atoms with Gasteiger partial charge >= 0.3 is 0 Å². The van der Waals surface area contributed by atoms with Crippen LogP contribution in [0.2, 0.25) is 0 Å². The predicted octanol–water partition coefficient (Wildman–Crippen LogP) is 4.44. The Morgan fingerprint density at radius 1 is 1.17 bits per heavy atom. The van der Waals surface area contributed by atoms with E-state index < -0.39 is 0 Å². The van der Waals surface area contributed by atoms with E-state index in [4.69, 9.17) is 5.26 Å². The maximum absolute atomic E-state index is 9.14. The summed E-state index contributed by atoms with van der Waals surface area (Å²) in [6.07, 6.45) is 3.70. The molecule has 1 aromatic carbocycles. The van der Waals surface area contributed by atoms with Crippen LogP contribution in [0, 0.1) is 23.2 Å². The molecule has 0 saturated carbocycles. The van der Waals surface area contributed by atoms with E-state index in [-0.39, 0.29) is 5.41 Å². The second kappa shape index (κ2) is 4.76. The molecule has 1 heteroatoms. The van der Waals surface area contributed by atoms with E-state index >= 15 is 0 Å². The molecule has 0 heterocycles. The molecule has 0 aromatic heterocycles. The number of nitrogens with zero attached hydrogens (tertiary/aromatic N) is 1. The fourth-order valence-electron chi connectivity index (χ4n) is 3.87. The topological polar surface area (TPSA) is 23.8 Å². The first-order valence-electron chi connectivity index (χ1n) is 7.06. The Morgan fingerprint density at radius 3 is 2.39 bits per heavy atom. The molecule has 0 amide bonds. The highest BCUT2D eigenvalue weighted by molar-refractivity contribution is 5.44. The molecule has 1 aliphatic carbocycles. The van der Waals surface area contributed by atoms with Gasteiger partial charge in [0.05, 0.1) is 11.6 Å². The van der Waals surface area contributed by atoms with Gasteiger partial charge in [-0.15, -0.1) is 0 Å². The van der Waals surface area contributed by atoms with Gasteiger partial charge in [0, 0.05) is 5.41 Å². The third-order valence-electron chi connectivity index (χ3n) is 4.84. The second-order valence-electron chi connectivity index (χ2n) is 6.19. The normalized spacial score (nSPS) is 17.6. The van der Waals surface area contributed by atoms with Crippen LogP contribution in [0.1, 0.15) is 57.2 Å². The molecule has 0 aliphatic heterocycles. The summed E-state index contributed by atoms with van der Waals surface area (Å²) in [5.41, 5.74) is 3.96. The first-order chi connectivity index (χ1) is 8.52. The molecule has 0 N–H and O–H groups in total. The van der Waals surface area contributed by atoms with Gasteiger partial charge in [0.2, 0.25) is 0 Å². The van der Waals surface area contributed by atoms with Crippen molar-refractivity contribution in [2.75, 3.05) is 0 Å². The first-order valence-corrected chi connectivity index (χ1v) is 7.06. The van der Waals surface area contributed by atoms with E-state index in [1.54, 1.807) is 0 Å². The molecule has 0 fully saturated rings. The highest BCUT2D eigenvalue weighted by Crippen LogP contribution is 2.48. The zero-order valence-corrected chi connectivity index (χ0v) is 12.0. The molecule has 0 bridgehead atoms. The fourth-order valence-corrected chi connectivity index (χ4v) is 3.87. The first kappa shape index (κ1) is 13.1. The van der Waals surface area contributed by atoms with Crippen LogP contribution < -0.4 is 0 Å². The zero-order chi connectivity index (χ0) is 13.3. The van der Waals surface area contributed by atoms with Crippen molar-refractivity contribution in [2.24, 2.45) is 11.8 Å². The van der Waals surface area contributed by atoms with Crippen LogP contribution in [0.5, 0.6) is 0 Å². The predicted molar refractivity (Wildman–Crippen MR) is 75.4 cm³/mol. The molecular formula is C17H23N. The van der Waals surface area contributed by atoms with Crippen molar-refractivity contribution in [3.63, 3.8) is 0 Å². The van der Waals surface area contributed by atoms with Gasteiger partial charge < -0.3 is 0 Å². The van der Waals surface area contributed by atoms with Crippen LogP contribution in [0.4, 0.5) is 0 Å². The molecule has 1 aliphatic rings. The van der Waals surface area contributed by atoms with Gasteiger partial charge in [0.1, 0.15) is 0 Å². The summed E-state index contributed by atoms with van der Waals surface area (Å²) in [7, 11) is 0. The van der Waals surface area contributed by atoms with Gasteiger partial charge in [0.15, 0.2) is 0 Å². The third-order valence-corrected chi connectivity index (χ3v) is 4.84. The number of benzene rings is 1. The molecule has 0 atom stereocenters. The summed E-state index contributed by atoms with van der Waals surface area (Å²) in [6.45, 7) is 9.31. The highest BCUT2D eigenvalue weighted by atomic mass is 14.5. The van der Waals surface area contributed by atoms with Crippen molar-refractivity contribution in [1.82, 2.24) is 0 Å². The molecule has 0 unspecified atom stereocenters. The standard InChI is InChI=1S/C17H23N/c1-12(2)17(13(3)4)9-5-6-15-8-7-14(11-18)10-16(15)17/h7-8,10,12-13H,5-6,9H2,1-4H3. The number of fused-ring (bicyclic) bond motifs is 1. The summed E-state index contributed by atoms with van der Waals surface area (Å²) in [5.74, 6) is 1.23. The summed E-state index contributed by atoms with van der Waals surface area (Å²) in [5, 5.41) is 9.14. The molecule has 0 saturated heterocycles. The largest absolute Gasteiger partial charge is 0.192 e. The Balaban J connectivity index is 2.64. The van der Waals surface area contributed by atoms with E-state index in [1.165, 1.54) is 30.4 Å². The van der Waals surface area contributed by atoms with Crippen LogP contribution >= 0.6 is 0 Å². The van der Waals surface area contributed by atoms with Crippen molar-refractivity contribution >= 4 is 0 Å². The molecule has 96 valence electrons. The Morgan fingerprint density at radius 2 is 1.83 bits per heavy atom. The molecular weight excluding hydrogens is 218 g/mol. The van der Waals surface area contributed by atoms with E-state index in [1.807, 2.05) is 6.07 Å². The van der Waals surface area contributed by atoms with Crippen LogP contribution in [-0.2, 0) is 11.8 Å². The number of rotatable bonds is 2. The third kappa shape index (κ3) is 1.85. The molecule has 2 rings (SSSR count). The number of hydrogen-bond acceptors (Lipinski definition) is 1. The van der Waals surface area contributed by atoms with Crippen molar-refractivity contribution in [1.29, 1.82) is 5.26 Å². The lowest BCUT2D eigenvalue weighted by Gasteiger charge is -2.46. The van der Waals surface area contributed by atoms with Gasteiger partial charge in [-0.3, -0.25) is 0 Å². The second-order valence-corrected chi connectivity index (χ2v) is 6.19. The van der Waals surface area contributed by atoms with Crippen molar-refractivity contribution in [3.8, 4) is 6.07 Å². The van der Waals surface area contributed by atoms with Crippen molar-refractivity contribution < 1.29 is 0 Å². The lowest BCUT2D eigenvalue weighted by Crippen LogP contribution is -2.41. The summed E-state index contributed by atoms with van der Waals surface area (Å²) >= 11 is 0. The van der Waals surface area contributed by atoms with Gasteiger partial charge in [0.25, 0.3) is 0 Å². The van der Waals surface area contributed by atoms with E-state index in [0.29, 0.717) is 11.8 Å². The smallest absolute Gasteiger partial charge is 0.0991 e. The molecule has 0 radical (unpaired) electrons. The average Bonchev–Trinajstić information content (AvgIpc) is 2.36. The molecule has 1 aromatic rings. The van der Waals surface area contributed by atoms with Crippen LogP contribution in [-0.4, -0.2) is 0 Å². The zero-order valence-electron chi connectivity index (χ0n) is 12.0. The van der Waals surface area contributed by atoms with Gasteiger partial charge in [-0.05, 0) is 54.4 Å². The van der Waals surface area contributed by atoms with E-state index in [2.05, 4.69) is 45.9 Å². The Kier molecular flexibility index (Phi) is 3.48. The van der Waals surface area contributed by atoms with Gasteiger partial charge in [-0.2, -0.15) is 5.26 Å². The summed E-state index contributed by atoms with van der Waals surface area (Å²) in [4.78, 5) is 0. The summed E-state index contributed by atoms with van der Waals surface area (Å²) in [6, 6.07) is 8.58. The quantitative estimate of drug-likeness (QED) is 0.750. The maximum atomic E-state index is 9.14. The van der Waals surface area contributed by atoms with E-state index in [9.17, 15) is 0 Å². The molecule has 1 nitrogen and oxygen atoms in total. The SMILES string of the molecule is CC(C)C1(C(C)C)CCCc2ccc(C#N)cc21.